The molecular weight excluding hydrogens is 254 g/mol. The van der Waals surface area contributed by atoms with Crippen LogP contribution in [0.15, 0.2) is 18.2 Å². The summed E-state index contributed by atoms with van der Waals surface area (Å²) in [5.74, 6) is 0. The van der Waals surface area contributed by atoms with E-state index >= 15 is 0 Å². The van der Waals surface area contributed by atoms with Crippen molar-refractivity contribution in [3.8, 4) is 0 Å². The molecule has 1 aliphatic rings. The number of para-hydroxylation sites is 1. The van der Waals surface area contributed by atoms with Gasteiger partial charge in [0.15, 0.2) is 0 Å². The van der Waals surface area contributed by atoms with Crippen molar-refractivity contribution in [2.75, 3.05) is 24.2 Å². The molecule has 1 aromatic rings. The van der Waals surface area contributed by atoms with E-state index in [2.05, 4.69) is 17.6 Å². The van der Waals surface area contributed by atoms with Crippen LogP contribution in [-0.4, -0.2) is 18.5 Å². The zero-order valence-electron chi connectivity index (χ0n) is 12.2. The molecule has 1 aliphatic carbocycles. The fourth-order valence-electron chi connectivity index (χ4n) is 2.98. The zero-order chi connectivity index (χ0) is 14.6. The van der Waals surface area contributed by atoms with Gasteiger partial charge in [0.1, 0.15) is 11.4 Å². The van der Waals surface area contributed by atoms with Crippen molar-refractivity contribution in [1.29, 1.82) is 0 Å². The second-order valence-electron chi connectivity index (χ2n) is 5.93. The highest BCUT2D eigenvalue weighted by Gasteiger charge is 2.28. The summed E-state index contributed by atoms with van der Waals surface area (Å²) in [4.78, 5) is 10.9. The predicted molar refractivity (Wildman–Crippen MR) is 82.3 cm³/mol. The number of rotatable bonds is 5. The number of anilines is 2. The minimum Gasteiger partial charge on any atom is -0.382 e. The molecule has 0 unspecified atom stereocenters. The lowest BCUT2D eigenvalue weighted by molar-refractivity contribution is -0.383. The molecule has 0 atom stereocenters. The summed E-state index contributed by atoms with van der Waals surface area (Å²) in [6.45, 7) is 3.06. The Labute approximate surface area is 119 Å². The molecule has 5 nitrogen and oxygen atoms in total. The van der Waals surface area contributed by atoms with E-state index in [9.17, 15) is 10.1 Å². The van der Waals surface area contributed by atoms with E-state index in [1.54, 1.807) is 19.2 Å². The van der Waals surface area contributed by atoms with Crippen molar-refractivity contribution in [3.05, 3.63) is 28.3 Å². The van der Waals surface area contributed by atoms with Crippen LogP contribution >= 0.6 is 0 Å². The van der Waals surface area contributed by atoms with Gasteiger partial charge in [0.2, 0.25) is 0 Å². The van der Waals surface area contributed by atoms with E-state index in [1.165, 1.54) is 32.1 Å². The first kappa shape index (κ1) is 14.6. The van der Waals surface area contributed by atoms with Gasteiger partial charge in [0.25, 0.3) is 0 Å². The molecule has 110 valence electrons. The molecule has 0 saturated heterocycles. The van der Waals surface area contributed by atoms with Gasteiger partial charge >= 0.3 is 5.69 Å². The molecule has 0 amide bonds. The van der Waals surface area contributed by atoms with Crippen molar-refractivity contribution in [2.45, 2.75) is 39.0 Å². The van der Waals surface area contributed by atoms with Crippen molar-refractivity contribution < 1.29 is 4.92 Å². The molecule has 5 heteroatoms. The summed E-state index contributed by atoms with van der Waals surface area (Å²) >= 11 is 0. The summed E-state index contributed by atoms with van der Waals surface area (Å²) in [5, 5.41) is 17.4. The molecule has 0 bridgehead atoms. The van der Waals surface area contributed by atoms with E-state index in [1.807, 2.05) is 6.07 Å². The van der Waals surface area contributed by atoms with Gasteiger partial charge in [0, 0.05) is 13.6 Å². The Morgan fingerprint density at radius 3 is 2.50 bits per heavy atom. The maximum absolute atomic E-state index is 11.3. The topological polar surface area (TPSA) is 67.2 Å². The third kappa shape index (κ3) is 3.21. The summed E-state index contributed by atoms with van der Waals surface area (Å²) in [6, 6.07) is 5.35. The normalized spacial score (nSPS) is 17.5. The van der Waals surface area contributed by atoms with Crippen LogP contribution in [0.25, 0.3) is 0 Å². The Bertz CT molecular complexity index is 482. The molecule has 1 fully saturated rings. The highest BCUT2D eigenvalue weighted by atomic mass is 16.6. The fraction of sp³-hybridized carbons (Fsp3) is 0.600. The molecule has 20 heavy (non-hydrogen) atoms. The SMILES string of the molecule is CNc1cccc(NCC2(C)CCCCC2)c1[N+](=O)[O-]. The number of nitro groups is 1. The van der Waals surface area contributed by atoms with Gasteiger partial charge in [-0.2, -0.15) is 0 Å². The monoisotopic (exact) mass is 277 g/mol. The van der Waals surface area contributed by atoms with Crippen molar-refractivity contribution in [2.24, 2.45) is 5.41 Å². The van der Waals surface area contributed by atoms with Crippen molar-refractivity contribution >= 4 is 17.1 Å². The number of nitrogens with zero attached hydrogens (tertiary/aromatic N) is 1. The van der Waals surface area contributed by atoms with Crippen LogP contribution in [0.2, 0.25) is 0 Å². The first-order valence-corrected chi connectivity index (χ1v) is 7.25. The third-order valence-electron chi connectivity index (χ3n) is 4.25. The van der Waals surface area contributed by atoms with Crippen LogP contribution < -0.4 is 10.6 Å². The number of benzene rings is 1. The molecule has 0 heterocycles. The first-order chi connectivity index (χ1) is 9.56. The molecule has 0 spiro atoms. The second-order valence-corrected chi connectivity index (χ2v) is 5.93. The lowest BCUT2D eigenvalue weighted by atomic mass is 9.75. The minimum absolute atomic E-state index is 0.134. The Hall–Kier alpha value is -1.78. The van der Waals surface area contributed by atoms with Crippen LogP contribution in [0.4, 0.5) is 17.1 Å². The predicted octanol–water partition coefficient (Wildman–Crippen LogP) is 4.02. The molecule has 0 aromatic heterocycles. The Kier molecular flexibility index (Phi) is 4.47. The molecule has 0 aliphatic heterocycles. The van der Waals surface area contributed by atoms with E-state index < -0.39 is 0 Å². The van der Waals surface area contributed by atoms with E-state index in [4.69, 9.17) is 0 Å². The quantitative estimate of drug-likeness (QED) is 0.630. The van der Waals surface area contributed by atoms with Crippen LogP contribution in [-0.2, 0) is 0 Å². The second kappa shape index (κ2) is 6.11. The Balaban J connectivity index is 2.14. The van der Waals surface area contributed by atoms with Gasteiger partial charge in [0.05, 0.1) is 4.92 Å². The van der Waals surface area contributed by atoms with Crippen LogP contribution in [0.1, 0.15) is 39.0 Å². The summed E-state index contributed by atoms with van der Waals surface area (Å²) in [7, 11) is 1.70. The van der Waals surface area contributed by atoms with Crippen LogP contribution in [0, 0.1) is 15.5 Å². The standard InChI is InChI=1S/C15H23N3O2/c1-15(9-4-3-5-10-15)11-17-13-8-6-7-12(16-2)14(13)18(19)20/h6-8,16-17H,3-5,9-11H2,1-2H3. The summed E-state index contributed by atoms with van der Waals surface area (Å²) < 4.78 is 0. The van der Waals surface area contributed by atoms with Gasteiger partial charge in [-0.25, -0.2) is 0 Å². The van der Waals surface area contributed by atoms with Crippen LogP contribution in [0.5, 0.6) is 0 Å². The lowest BCUT2D eigenvalue weighted by Gasteiger charge is -2.34. The van der Waals surface area contributed by atoms with Crippen molar-refractivity contribution in [1.82, 2.24) is 0 Å². The number of nitrogens with one attached hydrogen (secondary N) is 2. The number of hydrogen-bond acceptors (Lipinski definition) is 4. The highest BCUT2D eigenvalue weighted by molar-refractivity contribution is 5.76. The fourth-order valence-corrected chi connectivity index (χ4v) is 2.98. The van der Waals surface area contributed by atoms with Gasteiger partial charge in [-0.1, -0.05) is 32.3 Å². The van der Waals surface area contributed by atoms with E-state index in [0.29, 0.717) is 11.4 Å². The number of nitro benzene ring substituents is 1. The third-order valence-corrected chi connectivity index (χ3v) is 4.25. The molecule has 2 N–H and O–H groups in total. The lowest BCUT2D eigenvalue weighted by Crippen LogP contribution is -2.29. The molecular formula is C15H23N3O2. The largest absolute Gasteiger partial charge is 0.382 e. The maximum Gasteiger partial charge on any atom is 0.315 e. The molecule has 2 rings (SSSR count). The zero-order valence-corrected chi connectivity index (χ0v) is 12.2. The Morgan fingerprint density at radius 1 is 1.25 bits per heavy atom. The van der Waals surface area contributed by atoms with Crippen molar-refractivity contribution in [3.63, 3.8) is 0 Å². The highest BCUT2D eigenvalue weighted by Crippen LogP contribution is 2.38. The average molecular weight is 277 g/mol. The van der Waals surface area contributed by atoms with Gasteiger partial charge in [-0.3, -0.25) is 10.1 Å². The Morgan fingerprint density at radius 2 is 1.90 bits per heavy atom. The smallest absolute Gasteiger partial charge is 0.315 e. The van der Waals surface area contributed by atoms with E-state index in [0.717, 1.165) is 6.54 Å². The van der Waals surface area contributed by atoms with E-state index in [-0.39, 0.29) is 16.0 Å². The van der Waals surface area contributed by atoms with Gasteiger partial charge in [-0.05, 0) is 30.4 Å². The molecule has 1 aromatic carbocycles. The van der Waals surface area contributed by atoms with Gasteiger partial charge in [-0.15, -0.1) is 0 Å². The van der Waals surface area contributed by atoms with Crippen LogP contribution in [0.3, 0.4) is 0 Å². The molecule has 0 radical (unpaired) electrons. The summed E-state index contributed by atoms with van der Waals surface area (Å²) in [5.41, 5.74) is 1.54. The summed E-state index contributed by atoms with van der Waals surface area (Å²) in [6.07, 6.45) is 6.22. The van der Waals surface area contributed by atoms with Gasteiger partial charge < -0.3 is 10.6 Å². The maximum atomic E-state index is 11.3. The average Bonchev–Trinajstić information content (AvgIpc) is 2.45. The first-order valence-electron chi connectivity index (χ1n) is 7.25. The minimum atomic E-state index is -0.322. The number of hydrogen-bond donors (Lipinski definition) is 2. The molecule has 1 saturated carbocycles.